The molecule has 1 unspecified atom stereocenters. The van der Waals surface area contributed by atoms with Crippen molar-refractivity contribution in [1.29, 1.82) is 0 Å². The minimum absolute atomic E-state index is 0.0981. The molecule has 7 nitrogen and oxygen atoms in total. The maximum absolute atomic E-state index is 12.5. The first-order valence-corrected chi connectivity index (χ1v) is 9.73. The maximum atomic E-state index is 12.5. The Morgan fingerprint density at radius 1 is 1.07 bits per heavy atom. The average Bonchev–Trinajstić information content (AvgIpc) is 3.14. The molecule has 29 heavy (non-hydrogen) atoms. The molecule has 1 aliphatic rings. The van der Waals surface area contributed by atoms with Gasteiger partial charge in [0.15, 0.2) is 0 Å². The van der Waals surface area contributed by atoms with E-state index in [-0.39, 0.29) is 25.0 Å². The summed E-state index contributed by atoms with van der Waals surface area (Å²) in [6.07, 6.45) is 0.000711. The van der Waals surface area contributed by atoms with Crippen molar-refractivity contribution in [1.82, 2.24) is 20.5 Å². The molecule has 3 aromatic rings. The molecule has 3 amide bonds. The van der Waals surface area contributed by atoms with E-state index in [1.54, 1.807) is 17.0 Å². The van der Waals surface area contributed by atoms with Gasteiger partial charge in [0.2, 0.25) is 5.91 Å². The molecule has 0 fully saturated rings. The SMILES string of the molecule is O=C(CNC(=O)N1CCc2c([nH]c3ccccc23)C1)NCC(O)c1ccccc1. The van der Waals surface area contributed by atoms with Gasteiger partial charge >= 0.3 is 6.03 Å². The number of hydrogen-bond donors (Lipinski definition) is 4. The Hall–Kier alpha value is -3.32. The standard InChI is InChI=1S/C22H24N4O3/c27-20(15-6-2-1-3-7-15)12-23-21(28)13-24-22(29)26-11-10-17-16-8-4-5-9-18(16)25-19(17)14-26/h1-9,20,25,27H,10-14H2,(H,23,28)(H,24,29). The third kappa shape index (κ3) is 4.25. The molecule has 0 saturated heterocycles. The Balaban J connectivity index is 1.26. The van der Waals surface area contributed by atoms with Crippen molar-refractivity contribution >= 4 is 22.8 Å². The summed E-state index contributed by atoms with van der Waals surface area (Å²) in [5.74, 6) is -0.336. The summed E-state index contributed by atoms with van der Waals surface area (Å²) < 4.78 is 0. The zero-order valence-corrected chi connectivity index (χ0v) is 16.0. The molecule has 7 heteroatoms. The number of carbonyl (C=O) groups is 2. The third-order valence-corrected chi connectivity index (χ3v) is 5.25. The first kappa shape index (κ1) is 19.0. The first-order chi connectivity index (χ1) is 14.1. The van der Waals surface area contributed by atoms with E-state index in [1.807, 2.05) is 36.4 Å². The molecule has 150 valence electrons. The molecule has 0 saturated carbocycles. The molecule has 4 rings (SSSR count). The van der Waals surface area contributed by atoms with Crippen molar-refractivity contribution in [2.45, 2.75) is 19.1 Å². The van der Waals surface area contributed by atoms with E-state index in [2.05, 4.69) is 21.7 Å². The van der Waals surface area contributed by atoms with Crippen molar-refractivity contribution in [3.05, 3.63) is 71.4 Å². The van der Waals surface area contributed by atoms with E-state index in [0.29, 0.717) is 13.1 Å². The second-order valence-electron chi connectivity index (χ2n) is 7.19. The van der Waals surface area contributed by atoms with Crippen LogP contribution in [0.3, 0.4) is 0 Å². The van der Waals surface area contributed by atoms with Crippen LogP contribution >= 0.6 is 0 Å². The van der Waals surface area contributed by atoms with Crippen molar-refractivity contribution in [2.75, 3.05) is 19.6 Å². The van der Waals surface area contributed by atoms with Crippen LogP contribution in [-0.4, -0.2) is 46.6 Å². The van der Waals surface area contributed by atoms with Gasteiger partial charge in [-0.25, -0.2) is 4.79 Å². The zero-order valence-electron chi connectivity index (χ0n) is 16.0. The van der Waals surface area contributed by atoms with Crippen molar-refractivity contribution in [2.24, 2.45) is 0 Å². The van der Waals surface area contributed by atoms with Crippen molar-refractivity contribution < 1.29 is 14.7 Å². The number of aromatic nitrogens is 1. The van der Waals surface area contributed by atoms with Crippen LogP contribution in [-0.2, 0) is 17.8 Å². The van der Waals surface area contributed by atoms with Crippen LogP contribution in [0.2, 0.25) is 0 Å². The van der Waals surface area contributed by atoms with Gasteiger partial charge < -0.3 is 25.6 Å². The largest absolute Gasteiger partial charge is 0.387 e. The molecule has 1 atom stereocenters. The van der Waals surface area contributed by atoms with Crippen LogP contribution in [0, 0.1) is 0 Å². The van der Waals surface area contributed by atoms with E-state index >= 15 is 0 Å². The number of nitrogens with zero attached hydrogens (tertiary/aromatic N) is 1. The van der Waals surface area contributed by atoms with E-state index in [4.69, 9.17) is 0 Å². The second-order valence-corrected chi connectivity index (χ2v) is 7.19. The fourth-order valence-corrected chi connectivity index (χ4v) is 3.70. The molecular weight excluding hydrogens is 368 g/mol. The fraction of sp³-hybridized carbons (Fsp3) is 0.273. The Bertz CT molecular complexity index is 1020. The van der Waals surface area contributed by atoms with Crippen LogP contribution in [0.5, 0.6) is 0 Å². The summed E-state index contributed by atoms with van der Waals surface area (Å²) in [6, 6.07) is 17.0. The van der Waals surface area contributed by atoms with Gasteiger partial charge in [-0.3, -0.25) is 4.79 Å². The van der Waals surface area contributed by atoms with E-state index < -0.39 is 6.10 Å². The number of rotatable bonds is 5. The molecule has 1 aromatic heterocycles. The molecule has 0 radical (unpaired) electrons. The quantitative estimate of drug-likeness (QED) is 0.535. The number of fused-ring (bicyclic) bond motifs is 3. The molecular formula is C22H24N4O3. The van der Waals surface area contributed by atoms with Gasteiger partial charge in [-0.2, -0.15) is 0 Å². The predicted octanol–water partition coefficient (Wildman–Crippen LogP) is 2.09. The van der Waals surface area contributed by atoms with Crippen molar-refractivity contribution in [3.8, 4) is 0 Å². The predicted molar refractivity (Wildman–Crippen MR) is 110 cm³/mol. The van der Waals surface area contributed by atoms with Crippen LogP contribution in [0.4, 0.5) is 4.79 Å². The number of hydrogen-bond acceptors (Lipinski definition) is 3. The van der Waals surface area contributed by atoms with Crippen molar-refractivity contribution in [3.63, 3.8) is 0 Å². The highest BCUT2D eigenvalue weighted by Crippen LogP contribution is 2.27. The smallest absolute Gasteiger partial charge is 0.318 e. The zero-order chi connectivity index (χ0) is 20.2. The topological polar surface area (TPSA) is 97.5 Å². The molecule has 2 heterocycles. The third-order valence-electron chi connectivity index (χ3n) is 5.25. The van der Waals surface area contributed by atoms with Gasteiger partial charge in [-0.05, 0) is 23.6 Å². The number of aliphatic hydroxyl groups is 1. The summed E-state index contributed by atoms with van der Waals surface area (Å²) in [7, 11) is 0. The summed E-state index contributed by atoms with van der Waals surface area (Å²) >= 11 is 0. The van der Waals surface area contributed by atoms with Gasteiger partial charge in [-0.1, -0.05) is 48.5 Å². The van der Waals surface area contributed by atoms with Gasteiger partial charge in [0.25, 0.3) is 0 Å². The lowest BCUT2D eigenvalue weighted by molar-refractivity contribution is -0.120. The van der Waals surface area contributed by atoms with Crippen LogP contribution in [0.25, 0.3) is 10.9 Å². The summed E-state index contributed by atoms with van der Waals surface area (Å²) in [6.45, 7) is 1.07. The van der Waals surface area contributed by atoms with E-state index in [1.165, 1.54) is 10.9 Å². The van der Waals surface area contributed by atoms with Crippen LogP contribution < -0.4 is 10.6 Å². The number of amides is 3. The number of nitrogens with one attached hydrogen (secondary N) is 3. The van der Waals surface area contributed by atoms with Crippen LogP contribution in [0.1, 0.15) is 22.9 Å². The highest BCUT2D eigenvalue weighted by molar-refractivity contribution is 5.86. The monoisotopic (exact) mass is 392 g/mol. The number of urea groups is 1. The highest BCUT2D eigenvalue weighted by Gasteiger charge is 2.24. The molecule has 0 bridgehead atoms. The van der Waals surface area contributed by atoms with Gasteiger partial charge in [0.05, 0.1) is 19.2 Å². The minimum atomic E-state index is -0.779. The molecule has 1 aliphatic heterocycles. The normalized spacial score (nSPS) is 14.3. The number of benzene rings is 2. The fourth-order valence-electron chi connectivity index (χ4n) is 3.70. The van der Waals surface area contributed by atoms with Gasteiger partial charge in [-0.15, -0.1) is 0 Å². The van der Waals surface area contributed by atoms with E-state index in [9.17, 15) is 14.7 Å². The molecule has 2 aromatic carbocycles. The molecule has 0 spiro atoms. The lowest BCUT2D eigenvalue weighted by atomic mass is 10.0. The highest BCUT2D eigenvalue weighted by atomic mass is 16.3. The lowest BCUT2D eigenvalue weighted by Crippen LogP contribution is -2.46. The first-order valence-electron chi connectivity index (χ1n) is 9.73. The minimum Gasteiger partial charge on any atom is -0.387 e. The number of aliphatic hydroxyl groups excluding tert-OH is 1. The lowest BCUT2D eigenvalue weighted by Gasteiger charge is -2.27. The summed E-state index contributed by atoms with van der Waals surface area (Å²) in [5, 5.41) is 16.6. The van der Waals surface area contributed by atoms with Gasteiger partial charge in [0, 0.05) is 29.7 Å². The molecule has 4 N–H and O–H groups in total. The maximum Gasteiger partial charge on any atom is 0.318 e. The van der Waals surface area contributed by atoms with Gasteiger partial charge in [0.1, 0.15) is 0 Å². The Labute approximate surface area is 168 Å². The number of H-pyrrole nitrogens is 1. The average molecular weight is 392 g/mol. The number of para-hydroxylation sites is 1. The Morgan fingerprint density at radius 2 is 1.83 bits per heavy atom. The summed E-state index contributed by atoms with van der Waals surface area (Å²) in [4.78, 5) is 29.6. The second kappa shape index (κ2) is 8.36. The molecule has 0 aliphatic carbocycles. The summed E-state index contributed by atoms with van der Waals surface area (Å²) in [5.41, 5.74) is 4.12. The van der Waals surface area contributed by atoms with Crippen LogP contribution in [0.15, 0.2) is 54.6 Å². The number of aromatic amines is 1. The van der Waals surface area contributed by atoms with E-state index in [0.717, 1.165) is 23.2 Å². The number of carbonyl (C=O) groups excluding carboxylic acids is 2. The Kier molecular flexibility index (Phi) is 5.48. The Morgan fingerprint density at radius 3 is 2.66 bits per heavy atom.